The average molecular weight is 193 g/mol. The highest BCUT2D eigenvalue weighted by Gasteiger charge is 2.11. The molecule has 0 N–H and O–H groups in total. The van der Waals surface area contributed by atoms with Gasteiger partial charge < -0.3 is 9.64 Å². The van der Waals surface area contributed by atoms with Crippen LogP contribution in [0.1, 0.15) is 20.8 Å². The van der Waals surface area contributed by atoms with E-state index in [9.17, 15) is 0 Å². The molecule has 2 heteroatoms. The second-order valence-corrected chi connectivity index (χ2v) is 4.60. The van der Waals surface area contributed by atoms with Crippen LogP contribution in [0.3, 0.4) is 0 Å². The molecule has 0 aliphatic carbocycles. The smallest absolute Gasteiger partial charge is 0.120 e. The molecule has 1 aromatic rings. The van der Waals surface area contributed by atoms with Crippen molar-refractivity contribution in [3.05, 3.63) is 24.3 Å². The van der Waals surface area contributed by atoms with Gasteiger partial charge in [0.1, 0.15) is 11.4 Å². The fourth-order valence-electron chi connectivity index (χ4n) is 1.17. The first kappa shape index (κ1) is 10.9. The lowest BCUT2D eigenvalue weighted by atomic mass is 10.2. The zero-order valence-corrected chi connectivity index (χ0v) is 9.66. The third-order valence-electron chi connectivity index (χ3n) is 1.78. The van der Waals surface area contributed by atoms with Gasteiger partial charge >= 0.3 is 0 Å². The fourth-order valence-corrected chi connectivity index (χ4v) is 1.17. The summed E-state index contributed by atoms with van der Waals surface area (Å²) in [5.41, 5.74) is 1.06. The van der Waals surface area contributed by atoms with Crippen LogP contribution in [-0.2, 0) is 0 Å². The van der Waals surface area contributed by atoms with Crippen molar-refractivity contribution in [3.8, 4) is 5.75 Å². The summed E-state index contributed by atoms with van der Waals surface area (Å²) in [6, 6.07) is 8.11. The Labute approximate surface area is 86.5 Å². The van der Waals surface area contributed by atoms with Crippen LogP contribution in [0.25, 0.3) is 0 Å². The van der Waals surface area contributed by atoms with Crippen LogP contribution in [0.5, 0.6) is 5.75 Å². The largest absolute Gasteiger partial charge is 0.488 e. The molecule has 0 fully saturated rings. The zero-order valence-electron chi connectivity index (χ0n) is 9.66. The lowest BCUT2D eigenvalue weighted by Crippen LogP contribution is -2.22. The molecule has 0 bridgehead atoms. The van der Waals surface area contributed by atoms with E-state index in [2.05, 4.69) is 17.0 Å². The van der Waals surface area contributed by atoms with Gasteiger partial charge in [-0.05, 0) is 45.0 Å². The SMILES string of the molecule is CN(C)c1ccc(OC(C)(C)C)cc1. The van der Waals surface area contributed by atoms with E-state index < -0.39 is 0 Å². The molecular formula is C12H19NO. The van der Waals surface area contributed by atoms with Crippen molar-refractivity contribution in [2.24, 2.45) is 0 Å². The molecule has 78 valence electrons. The molecule has 0 saturated heterocycles. The third kappa shape index (κ3) is 3.29. The molecule has 0 aliphatic rings. The number of ether oxygens (including phenoxy) is 1. The third-order valence-corrected chi connectivity index (χ3v) is 1.78. The molecule has 0 heterocycles. The van der Waals surface area contributed by atoms with E-state index in [-0.39, 0.29) is 5.60 Å². The van der Waals surface area contributed by atoms with Crippen molar-refractivity contribution in [1.29, 1.82) is 0 Å². The summed E-state index contributed by atoms with van der Waals surface area (Å²) < 4.78 is 5.72. The normalized spacial score (nSPS) is 11.2. The summed E-state index contributed by atoms with van der Waals surface area (Å²) in [6.45, 7) is 6.15. The highest BCUT2D eigenvalue weighted by molar-refractivity contribution is 5.47. The van der Waals surface area contributed by atoms with E-state index in [0.717, 1.165) is 5.75 Å². The number of hydrogen-bond acceptors (Lipinski definition) is 2. The van der Waals surface area contributed by atoms with E-state index in [4.69, 9.17) is 4.74 Å². The second kappa shape index (κ2) is 3.91. The molecule has 0 aromatic heterocycles. The van der Waals surface area contributed by atoms with Gasteiger partial charge in [-0.25, -0.2) is 0 Å². The minimum absolute atomic E-state index is 0.125. The van der Waals surface area contributed by atoms with Crippen LogP contribution in [0.4, 0.5) is 5.69 Å². The maximum absolute atomic E-state index is 5.72. The van der Waals surface area contributed by atoms with Gasteiger partial charge in [0.15, 0.2) is 0 Å². The van der Waals surface area contributed by atoms with Gasteiger partial charge in [-0.15, -0.1) is 0 Å². The Morgan fingerprint density at radius 1 is 1.00 bits per heavy atom. The Bertz CT molecular complexity index is 282. The summed E-state index contributed by atoms with van der Waals surface area (Å²) >= 11 is 0. The van der Waals surface area contributed by atoms with Crippen LogP contribution in [0, 0.1) is 0 Å². The fraction of sp³-hybridized carbons (Fsp3) is 0.500. The average Bonchev–Trinajstić information content (AvgIpc) is 2.02. The van der Waals surface area contributed by atoms with Gasteiger partial charge in [0.25, 0.3) is 0 Å². The lowest BCUT2D eigenvalue weighted by Gasteiger charge is -2.21. The summed E-state index contributed by atoms with van der Waals surface area (Å²) in [4.78, 5) is 2.07. The first-order valence-corrected chi connectivity index (χ1v) is 4.85. The molecule has 1 rings (SSSR count). The summed E-state index contributed by atoms with van der Waals surface area (Å²) in [7, 11) is 4.05. The molecule has 0 atom stereocenters. The van der Waals surface area contributed by atoms with E-state index in [1.807, 2.05) is 47.0 Å². The van der Waals surface area contributed by atoms with Crippen molar-refractivity contribution in [2.75, 3.05) is 19.0 Å². The highest BCUT2D eigenvalue weighted by atomic mass is 16.5. The van der Waals surface area contributed by atoms with Gasteiger partial charge in [-0.1, -0.05) is 0 Å². The number of hydrogen-bond donors (Lipinski definition) is 0. The maximum Gasteiger partial charge on any atom is 0.120 e. The molecule has 2 nitrogen and oxygen atoms in total. The number of rotatable bonds is 2. The predicted molar refractivity (Wildman–Crippen MR) is 61.2 cm³/mol. The van der Waals surface area contributed by atoms with Gasteiger partial charge in [-0.2, -0.15) is 0 Å². The molecule has 0 unspecified atom stereocenters. The van der Waals surface area contributed by atoms with Gasteiger partial charge in [0.05, 0.1) is 0 Å². The van der Waals surface area contributed by atoms with Gasteiger partial charge in [0.2, 0.25) is 0 Å². The second-order valence-electron chi connectivity index (χ2n) is 4.60. The quantitative estimate of drug-likeness (QED) is 0.716. The molecule has 0 amide bonds. The first-order valence-electron chi connectivity index (χ1n) is 4.85. The Kier molecular flexibility index (Phi) is 3.04. The molecule has 0 spiro atoms. The van der Waals surface area contributed by atoms with Crippen molar-refractivity contribution in [3.63, 3.8) is 0 Å². The standard InChI is InChI=1S/C12H19NO/c1-12(2,3)14-11-8-6-10(7-9-11)13(4)5/h6-9H,1-5H3. The number of nitrogens with zero attached hydrogens (tertiary/aromatic N) is 1. The summed E-state index contributed by atoms with van der Waals surface area (Å²) in [6.07, 6.45) is 0. The first-order chi connectivity index (χ1) is 6.38. The van der Waals surface area contributed by atoms with Crippen LogP contribution in [0.2, 0.25) is 0 Å². The molecule has 0 radical (unpaired) electrons. The maximum atomic E-state index is 5.72. The highest BCUT2D eigenvalue weighted by Crippen LogP contribution is 2.21. The number of benzene rings is 1. The Balaban J connectivity index is 2.74. The van der Waals surface area contributed by atoms with Crippen molar-refractivity contribution < 1.29 is 4.74 Å². The Hall–Kier alpha value is -1.18. The van der Waals surface area contributed by atoms with Gasteiger partial charge in [0, 0.05) is 19.8 Å². The minimum Gasteiger partial charge on any atom is -0.488 e. The van der Waals surface area contributed by atoms with Crippen molar-refractivity contribution >= 4 is 5.69 Å². The minimum atomic E-state index is -0.125. The summed E-state index contributed by atoms with van der Waals surface area (Å²) in [5, 5.41) is 0. The topological polar surface area (TPSA) is 12.5 Å². The Morgan fingerprint density at radius 3 is 1.86 bits per heavy atom. The molecule has 1 aromatic carbocycles. The van der Waals surface area contributed by atoms with Crippen molar-refractivity contribution in [2.45, 2.75) is 26.4 Å². The molecule has 0 aliphatic heterocycles. The number of anilines is 1. The van der Waals surface area contributed by atoms with Crippen LogP contribution >= 0.6 is 0 Å². The van der Waals surface area contributed by atoms with Crippen LogP contribution in [-0.4, -0.2) is 19.7 Å². The van der Waals surface area contributed by atoms with Crippen molar-refractivity contribution in [1.82, 2.24) is 0 Å². The van der Waals surface area contributed by atoms with Gasteiger partial charge in [-0.3, -0.25) is 0 Å². The lowest BCUT2D eigenvalue weighted by molar-refractivity contribution is 0.131. The zero-order chi connectivity index (χ0) is 10.8. The van der Waals surface area contributed by atoms with Crippen LogP contribution in [0.15, 0.2) is 24.3 Å². The van der Waals surface area contributed by atoms with E-state index in [0.29, 0.717) is 0 Å². The predicted octanol–water partition coefficient (Wildman–Crippen LogP) is 2.93. The monoisotopic (exact) mass is 193 g/mol. The van der Waals surface area contributed by atoms with Crippen LogP contribution < -0.4 is 9.64 Å². The molecule has 14 heavy (non-hydrogen) atoms. The molecule has 0 saturated carbocycles. The summed E-state index contributed by atoms with van der Waals surface area (Å²) in [5.74, 6) is 0.920. The molecular weight excluding hydrogens is 174 g/mol. The van der Waals surface area contributed by atoms with E-state index >= 15 is 0 Å². The Morgan fingerprint density at radius 2 is 1.50 bits per heavy atom. The van der Waals surface area contributed by atoms with E-state index in [1.54, 1.807) is 0 Å². The van der Waals surface area contributed by atoms with E-state index in [1.165, 1.54) is 5.69 Å².